The number of ether oxygens (including phenoxy) is 1. The van der Waals surface area contributed by atoms with Crippen molar-refractivity contribution in [1.29, 1.82) is 0 Å². The Balaban J connectivity index is 1.73. The molecular weight excluding hydrogens is 601 g/mol. The highest BCUT2D eigenvalue weighted by molar-refractivity contribution is 14.1. The van der Waals surface area contributed by atoms with E-state index in [1.165, 1.54) is 11.8 Å². The minimum atomic E-state index is -1.04. The number of nitrogens with zero attached hydrogens (tertiary/aromatic N) is 2. The molecule has 0 saturated carbocycles. The zero-order valence-electron chi connectivity index (χ0n) is 21.7. The Morgan fingerprint density at radius 1 is 1.22 bits per heavy atom. The molecule has 0 radical (unpaired) electrons. The van der Waals surface area contributed by atoms with Crippen molar-refractivity contribution in [2.75, 3.05) is 39.4 Å². The molecule has 2 fully saturated rings. The van der Waals surface area contributed by atoms with Gasteiger partial charge in [0.2, 0.25) is 11.8 Å². The molecule has 7 nitrogen and oxygen atoms in total. The molecule has 2 heterocycles. The van der Waals surface area contributed by atoms with Gasteiger partial charge in [0.25, 0.3) is 0 Å². The predicted octanol–water partition coefficient (Wildman–Crippen LogP) is 3.75. The summed E-state index contributed by atoms with van der Waals surface area (Å²) in [6.07, 6.45) is 0.121. The number of nitrogens with one attached hydrogen (secondary N) is 1. The molecule has 37 heavy (non-hydrogen) atoms. The molecule has 0 spiro atoms. The van der Waals surface area contributed by atoms with Gasteiger partial charge in [0.05, 0.1) is 32.3 Å². The van der Waals surface area contributed by atoms with E-state index in [9.17, 15) is 14.7 Å². The molecule has 0 aromatic heterocycles. The van der Waals surface area contributed by atoms with Gasteiger partial charge in [-0.15, -0.1) is 11.8 Å². The second-order valence-electron chi connectivity index (χ2n) is 10.0. The Bertz CT molecular complexity index is 1110. The first kappa shape index (κ1) is 28.4. The smallest absolute Gasteiger partial charge is 0.239 e. The average Bonchev–Trinajstić information content (AvgIpc) is 3.18. The number of aliphatic hydroxyl groups excluding tert-OH is 1. The second kappa shape index (κ2) is 12.5. The van der Waals surface area contributed by atoms with Crippen LogP contribution in [0.3, 0.4) is 0 Å². The Hall–Kier alpha value is -1.66. The summed E-state index contributed by atoms with van der Waals surface area (Å²) in [6, 6.07) is 13.4. The van der Waals surface area contributed by atoms with Crippen LogP contribution >= 0.6 is 34.4 Å². The van der Waals surface area contributed by atoms with Crippen LogP contribution in [0, 0.1) is 10.5 Å². The lowest BCUT2D eigenvalue weighted by atomic mass is 9.90. The number of rotatable bonds is 9. The monoisotopic (exact) mass is 637 g/mol. The summed E-state index contributed by atoms with van der Waals surface area (Å²) in [6.45, 7) is 10.4. The van der Waals surface area contributed by atoms with E-state index in [1.54, 1.807) is 0 Å². The molecule has 9 heteroatoms. The van der Waals surface area contributed by atoms with E-state index in [0.29, 0.717) is 19.8 Å². The van der Waals surface area contributed by atoms with Gasteiger partial charge in [-0.1, -0.05) is 29.8 Å². The van der Waals surface area contributed by atoms with Gasteiger partial charge in [-0.05, 0) is 72.7 Å². The molecule has 2 aliphatic heterocycles. The first-order chi connectivity index (χ1) is 17.7. The van der Waals surface area contributed by atoms with E-state index < -0.39 is 10.8 Å². The Labute approximate surface area is 237 Å². The number of halogens is 1. The summed E-state index contributed by atoms with van der Waals surface area (Å²) in [4.78, 5) is 32.9. The lowest BCUT2D eigenvalue weighted by Crippen LogP contribution is -2.51. The van der Waals surface area contributed by atoms with Crippen LogP contribution < -0.4 is 5.32 Å². The van der Waals surface area contributed by atoms with Crippen molar-refractivity contribution in [3.63, 3.8) is 0 Å². The molecule has 0 aliphatic carbocycles. The number of morpholine rings is 1. The van der Waals surface area contributed by atoms with E-state index >= 15 is 0 Å². The minimum Gasteiger partial charge on any atom is -0.392 e. The van der Waals surface area contributed by atoms with Crippen molar-refractivity contribution < 1.29 is 19.4 Å². The van der Waals surface area contributed by atoms with Crippen molar-refractivity contribution in [2.24, 2.45) is 0 Å². The lowest BCUT2D eigenvalue weighted by Gasteiger charge is -2.39. The van der Waals surface area contributed by atoms with Gasteiger partial charge in [-0.25, -0.2) is 0 Å². The van der Waals surface area contributed by atoms with E-state index in [0.717, 1.165) is 44.8 Å². The van der Waals surface area contributed by atoms with Gasteiger partial charge in [-0.3, -0.25) is 14.5 Å². The molecule has 4 rings (SSSR count). The van der Waals surface area contributed by atoms with Crippen LogP contribution in [0.2, 0.25) is 0 Å². The van der Waals surface area contributed by atoms with Crippen molar-refractivity contribution >= 4 is 46.2 Å². The first-order valence-corrected chi connectivity index (χ1v) is 14.7. The summed E-state index contributed by atoms with van der Waals surface area (Å²) in [7, 11) is 0. The van der Waals surface area contributed by atoms with Crippen LogP contribution in [-0.4, -0.2) is 76.9 Å². The van der Waals surface area contributed by atoms with Crippen molar-refractivity contribution in [3.05, 3.63) is 62.7 Å². The molecule has 2 aliphatic rings. The predicted molar refractivity (Wildman–Crippen MR) is 154 cm³/mol. The fourth-order valence-corrected chi connectivity index (χ4v) is 7.40. The molecule has 200 valence electrons. The van der Waals surface area contributed by atoms with Crippen LogP contribution in [0.15, 0.2) is 47.4 Å². The van der Waals surface area contributed by atoms with Gasteiger partial charge >= 0.3 is 0 Å². The summed E-state index contributed by atoms with van der Waals surface area (Å²) >= 11 is 3.75. The van der Waals surface area contributed by atoms with Gasteiger partial charge < -0.3 is 20.1 Å². The number of benzene rings is 2. The lowest BCUT2D eigenvalue weighted by molar-refractivity contribution is -0.130. The van der Waals surface area contributed by atoms with E-state index in [2.05, 4.69) is 32.8 Å². The standard InChI is InChI=1S/C28H36IN3O4S/c1-19(2)32-25(34)17-28(37-22-7-4-20(3)5-8-22,26(32)23-9-6-21(18-33)16-24(23)29)27(35)30-10-11-31-12-14-36-15-13-31/h4-9,16,19,26,33H,10-15,17-18H2,1-3H3,(H,30,35)/t26-,28-/m1/s1. The first-order valence-electron chi connectivity index (χ1n) is 12.8. The fourth-order valence-electron chi connectivity index (χ4n) is 5.12. The summed E-state index contributed by atoms with van der Waals surface area (Å²) < 4.78 is 5.34. The quantitative estimate of drug-likeness (QED) is 0.408. The molecule has 2 amide bonds. The van der Waals surface area contributed by atoms with Crippen molar-refractivity contribution in [3.8, 4) is 0 Å². The van der Waals surface area contributed by atoms with E-state index in [-0.39, 0.29) is 30.9 Å². The highest BCUT2D eigenvalue weighted by Gasteiger charge is 2.59. The number of aliphatic hydroxyl groups is 1. The topological polar surface area (TPSA) is 82.1 Å². The fraction of sp³-hybridized carbons (Fsp3) is 0.500. The largest absolute Gasteiger partial charge is 0.392 e. The molecule has 2 aromatic rings. The Kier molecular flexibility index (Phi) is 9.55. The molecule has 2 aromatic carbocycles. The summed E-state index contributed by atoms with van der Waals surface area (Å²) in [5.74, 6) is -0.139. The maximum Gasteiger partial charge on any atom is 0.239 e. The van der Waals surface area contributed by atoms with Crippen LogP contribution in [-0.2, 0) is 20.9 Å². The van der Waals surface area contributed by atoms with Crippen LogP contribution in [0.1, 0.15) is 43.0 Å². The van der Waals surface area contributed by atoms with Gasteiger partial charge in [-0.2, -0.15) is 0 Å². The number of amides is 2. The molecule has 2 atom stereocenters. The highest BCUT2D eigenvalue weighted by atomic mass is 127. The Morgan fingerprint density at radius 2 is 1.92 bits per heavy atom. The van der Waals surface area contributed by atoms with Crippen molar-refractivity contribution in [1.82, 2.24) is 15.1 Å². The van der Waals surface area contributed by atoms with Gasteiger partial charge in [0.1, 0.15) is 4.75 Å². The zero-order chi connectivity index (χ0) is 26.6. The molecule has 0 bridgehead atoms. The second-order valence-corrected chi connectivity index (χ2v) is 12.6. The van der Waals surface area contributed by atoms with Crippen molar-refractivity contribution in [2.45, 2.75) is 55.5 Å². The van der Waals surface area contributed by atoms with Gasteiger partial charge in [0.15, 0.2) is 0 Å². The number of carbonyl (C=O) groups excluding carboxylic acids is 2. The number of likely N-dealkylation sites (tertiary alicyclic amines) is 1. The SMILES string of the molecule is Cc1ccc(S[C@]2(C(=O)NCCN3CCOCC3)CC(=O)N(C(C)C)[C@@H]2c2ccc(CO)cc2I)cc1. The maximum absolute atomic E-state index is 14.2. The summed E-state index contributed by atoms with van der Waals surface area (Å²) in [5.41, 5.74) is 2.88. The summed E-state index contributed by atoms with van der Waals surface area (Å²) in [5, 5.41) is 12.9. The molecule has 2 N–H and O–H groups in total. The number of thioether (sulfide) groups is 1. The molecule has 2 saturated heterocycles. The van der Waals surface area contributed by atoms with Crippen LogP contribution in [0.25, 0.3) is 0 Å². The number of hydrogen-bond donors (Lipinski definition) is 2. The number of aryl methyl sites for hydroxylation is 1. The molecular formula is C28H36IN3O4S. The third-order valence-electron chi connectivity index (χ3n) is 7.04. The minimum absolute atomic E-state index is 0.0232. The number of hydrogen-bond acceptors (Lipinski definition) is 6. The van der Waals surface area contributed by atoms with E-state index in [4.69, 9.17) is 4.74 Å². The zero-order valence-corrected chi connectivity index (χ0v) is 24.7. The van der Waals surface area contributed by atoms with Crippen LogP contribution in [0.5, 0.6) is 0 Å². The third-order valence-corrected chi connectivity index (χ3v) is 9.40. The third kappa shape index (κ3) is 6.33. The number of carbonyl (C=O) groups is 2. The maximum atomic E-state index is 14.2. The normalized spacial score (nSPS) is 22.6. The average molecular weight is 638 g/mol. The van der Waals surface area contributed by atoms with Gasteiger partial charge in [0, 0.05) is 40.7 Å². The molecule has 0 unspecified atom stereocenters. The van der Waals surface area contributed by atoms with E-state index in [1.807, 2.05) is 68.1 Å². The van der Waals surface area contributed by atoms with Crippen LogP contribution in [0.4, 0.5) is 0 Å². The highest BCUT2D eigenvalue weighted by Crippen LogP contribution is 2.54. The Morgan fingerprint density at radius 3 is 2.54 bits per heavy atom.